The van der Waals surface area contributed by atoms with Gasteiger partial charge in [-0.25, -0.2) is 13.2 Å². The van der Waals surface area contributed by atoms with Crippen molar-refractivity contribution in [2.24, 2.45) is 0 Å². The van der Waals surface area contributed by atoms with Crippen LogP contribution in [-0.4, -0.2) is 25.3 Å². The lowest BCUT2D eigenvalue weighted by Crippen LogP contribution is -2.40. The Morgan fingerprint density at radius 3 is 2.11 bits per heavy atom. The summed E-state index contributed by atoms with van der Waals surface area (Å²) in [5, 5.41) is 4.79. The van der Waals surface area contributed by atoms with Gasteiger partial charge in [-0.05, 0) is 36.8 Å². The molecule has 1 heterocycles. The van der Waals surface area contributed by atoms with Gasteiger partial charge in [0, 0.05) is 12.8 Å². The van der Waals surface area contributed by atoms with Gasteiger partial charge >= 0.3 is 6.03 Å². The molecule has 7 nitrogen and oxygen atoms in total. The molecule has 3 amide bonds. The van der Waals surface area contributed by atoms with Gasteiger partial charge in [-0.1, -0.05) is 30.3 Å². The van der Waals surface area contributed by atoms with Crippen molar-refractivity contribution in [1.29, 1.82) is 0 Å². The van der Waals surface area contributed by atoms with Crippen molar-refractivity contribution in [1.82, 2.24) is 10.6 Å². The molecule has 1 saturated heterocycles. The standard InChI is InChI=1S/C19H18N2O5S/c1-18(16(22)20-17(23)21-18)13-7-9-14(10-8-13)26-19(11-12-19)27(24,25)15-5-3-2-4-6-15/h2-10H,11-12H2,1H3,(H2,20,21,22,23). The Hall–Kier alpha value is -2.87. The first kappa shape index (κ1) is 17.5. The zero-order chi connectivity index (χ0) is 19.3. The van der Waals surface area contributed by atoms with E-state index in [9.17, 15) is 18.0 Å². The number of hydrogen-bond donors (Lipinski definition) is 2. The molecule has 1 aliphatic carbocycles. The summed E-state index contributed by atoms with van der Waals surface area (Å²) in [5.41, 5.74) is -0.586. The average Bonchev–Trinajstić information content (AvgIpc) is 3.38. The van der Waals surface area contributed by atoms with E-state index in [1.165, 1.54) is 0 Å². The summed E-state index contributed by atoms with van der Waals surface area (Å²) < 4.78 is 31.7. The van der Waals surface area contributed by atoms with Crippen LogP contribution in [0.5, 0.6) is 5.75 Å². The highest BCUT2D eigenvalue weighted by atomic mass is 32.2. The summed E-state index contributed by atoms with van der Waals surface area (Å²) in [4.78, 5) is 22.4. The van der Waals surface area contributed by atoms with Crippen molar-refractivity contribution in [3.05, 3.63) is 60.2 Å². The molecule has 0 radical (unpaired) electrons. The lowest BCUT2D eigenvalue weighted by molar-refractivity contribution is -0.123. The second-order valence-electron chi connectivity index (χ2n) is 6.89. The fourth-order valence-corrected chi connectivity index (χ4v) is 4.95. The molecule has 2 aromatic rings. The zero-order valence-corrected chi connectivity index (χ0v) is 15.4. The number of ether oxygens (including phenoxy) is 1. The maximum Gasteiger partial charge on any atom is 0.322 e. The number of urea groups is 1. The molecule has 0 aromatic heterocycles. The molecule has 2 N–H and O–H groups in total. The van der Waals surface area contributed by atoms with E-state index in [2.05, 4.69) is 10.6 Å². The van der Waals surface area contributed by atoms with Crippen molar-refractivity contribution < 1.29 is 22.7 Å². The summed E-state index contributed by atoms with van der Waals surface area (Å²) in [7, 11) is -3.62. The first-order chi connectivity index (χ1) is 12.8. The number of carbonyl (C=O) groups excluding carboxylic acids is 2. The van der Waals surface area contributed by atoms with E-state index in [0.29, 0.717) is 24.2 Å². The van der Waals surface area contributed by atoms with Crippen molar-refractivity contribution in [3.8, 4) is 5.75 Å². The molecule has 27 heavy (non-hydrogen) atoms. The van der Waals surface area contributed by atoms with Crippen molar-refractivity contribution >= 4 is 21.8 Å². The van der Waals surface area contributed by atoms with Crippen LogP contribution in [0.1, 0.15) is 25.3 Å². The average molecular weight is 386 g/mol. The van der Waals surface area contributed by atoms with Gasteiger partial charge in [-0.2, -0.15) is 0 Å². The van der Waals surface area contributed by atoms with E-state index in [0.717, 1.165) is 0 Å². The van der Waals surface area contributed by atoms with Crippen LogP contribution in [0.15, 0.2) is 59.5 Å². The lowest BCUT2D eigenvalue weighted by Gasteiger charge is -2.22. The van der Waals surface area contributed by atoms with Crippen LogP contribution < -0.4 is 15.4 Å². The minimum absolute atomic E-state index is 0.233. The van der Waals surface area contributed by atoms with Gasteiger partial charge in [0.25, 0.3) is 5.91 Å². The third-order valence-electron chi connectivity index (χ3n) is 4.98. The van der Waals surface area contributed by atoms with Crippen molar-refractivity contribution in [3.63, 3.8) is 0 Å². The molecule has 1 aliphatic heterocycles. The van der Waals surface area contributed by atoms with E-state index in [-0.39, 0.29) is 4.90 Å². The number of nitrogens with one attached hydrogen (secondary N) is 2. The Labute approximate surface area is 156 Å². The number of carbonyl (C=O) groups is 2. The van der Waals surface area contributed by atoms with E-state index in [1.54, 1.807) is 61.5 Å². The van der Waals surface area contributed by atoms with Crippen molar-refractivity contribution in [2.75, 3.05) is 0 Å². The number of rotatable bonds is 5. The Balaban J connectivity index is 1.58. The van der Waals surface area contributed by atoms with E-state index < -0.39 is 32.2 Å². The number of amides is 3. The quantitative estimate of drug-likeness (QED) is 0.766. The maximum absolute atomic E-state index is 12.9. The SMILES string of the molecule is CC1(c2ccc(OC3(S(=O)(=O)c4ccccc4)CC3)cc2)NC(=O)NC1=O. The summed E-state index contributed by atoms with van der Waals surface area (Å²) >= 11 is 0. The smallest absolute Gasteiger partial charge is 0.322 e. The predicted molar refractivity (Wildman–Crippen MR) is 96.7 cm³/mol. The van der Waals surface area contributed by atoms with Crippen LogP contribution in [0.25, 0.3) is 0 Å². The monoisotopic (exact) mass is 386 g/mol. The normalized spacial score (nSPS) is 23.4. The van der Waals surface area contributed by atoms with Gasteiger partial charge in [0.15, 0.2) is 0 Å². The second kappa shape index (κ2) is 5.82. The molecular weight excluding hydrogens is 368 g/mol. The summed E-state index contributed by atoms with van der Waals surface area (Å²) in [5.74, 6) is -0.0458. The van der Waals surface area contributed by atoms with E-state index >= 15 is 0 Å². The molecule has 0 spiro atoms. The molecule has 140 valence electrons. The lowest BCUT2D eigenvalue weighted by atomic mass is 9.92. The Morgan fingerprint density at radius 2 is 1.59 bits per heavy atom. The summed E-state index contributed by atoms with van der Waals surface area (Å²) in [6.45, 7) is 1.60. The molecule has 2 aromatic carbocycles. The highest BCUT2D eigenvalue weighted by molar-refractivity contribution is 7.93. The Kier molecular flexibility index (Phi) is 3.78. The topological polar surface area (TPSA) is 102 Å². The zero-order valence-electron chi connectivity index (χ0n) is 14.6. The van der Waals surface area contributed by atoms with Crippen LogP contribution in [0.2, 0.25) is 0 Å². The summed E-state index contributed by atoms with van der Waals surface area (Å²) in [6, 6.07) is 14.2. The van der Waals surface area contributed by atoms with Crippen LogP contribution in [0.3, 0.4) is 0 Å². The molecule has 1 atom stereocenters. The number of sulfone groups is 1. The van der Waals surface area contributed by atoms with Crippen molar-refractivity contribution in [2.45, 2.75) is 35.1 Å². The highest BCUT2D eigenvalue weighted by Gasteiger charge is 2.58. The van der Waals surface area contributed by atoms with E-state index in [4.69, 9.17) is 4.74 Å². The van der Waals surface area contributed by atoms with Gasteiger partial charge in [-0.15, -0.1) is 0 Å². The molecular formula is C19H18N2O5S. The van der Waals surface area contributed by atoms with Gasteiger partial charge < -0.3 is 10.1 Å². The van der Waals surface area contributed by atoms with Crippen LogP contribution in [0, 0.1) is 0 Å². The van der Waals surface area contributed by atoms with Crippen LogP contribution in [0.4, 0.5) is 4.79 Å². The first-order valence-electron chi connectivity index (χ1n) is 8.50. The molecule has 1 unspecified atom stereocenters. The molecule has 2 fully saturated rings. The largest absolute Gasteiger partial charge is 0.471 e. The fraction of sp³-hybridized carbons (Fsp3) is 0.263. The Bertz CT molecular complexity index is 1010. The van der Waals surface area contributed by atoms with Gasteiger partial charge in [0.1, 0.15) is 11.3 Å². The number of hydrogen-bond acceptors (Lipinski definition) is 5. The highest BCUT2D eigenvalue weighted by Crippen LogP contribution is 2.48. The molecule has 0 bridgehead atoms. The second-order valence-corrected chi connectivity index (χ2v) is 9.11. The third kappa shape index (κ3) is 2.76. The van der Waals surface area contributed by atoms with Gasteiger partial charge in [0.2, 0.25) is 14.8 Å². The molecule has 8 heteroatoms. The minimum Gasteiger partial charge on any atom is -0.471 e. The maximum atomic E-state index is 12.9. The van der Waals surface area contributed by atoms with Gasteiger partial charge in [-0.3, -0.25) is 10.1 Å². The summed E-state index contributed by atoms with van der Waals surface area (Å²) in [6.07, 6.45) is 0.838. The molecule has 1 saturated carbocycles. The minimum atomic E-state index is -3.62. The van der Waals surface area contributed by atoms with Gasteiger partial charge in [0.05, 0.1) is 4.90 Å². The first-order valence-corrected chi connectivity index (χ1v) is 9.98. The molecule has 4 rings (SSSR count). The predicted octanol–water partition coefficient (Wildman–Crippen LogP) is 2.08. The Morgan fingerprint density at radius 1 is 0.963 bits per heavy atom. The molecule has 2 aliphatic rings. The van der Waals surface area contributed by atoms with Crippen LogP contribution in [-0.2, 0) is 20.2 Å². The fourth-order valence-electron chi connectivity index (χ4n) is 3.16. The number of imide groups is 1. The third-order valence-corrected chi connectivity index (χ3v) is 7.35. The number of benzene rings is 2. The van der Waals surface area contributed by atoms with Crippen LogP contribution >= 0.6 is 0 Å². The van der Waals surface area contributed by atoms with E-state index in [1.807, 2.05) is 0 Å².